The van der Waals surface area contributed by atoms with Crippen molar-refractivity contribution < 1.29 is 0 Å². The zero-order chi connectivity index (χ0) is 69.1. The zero-order valence-corrected chi connectivity index (χ0v) is 55.9. The molecule has 0 bridgehead atoms. The van der Waals surface area contributed by atoms with Gasteiger partial charge in [0, 0.05) is 58.2 Å². The van der Waals surface area contributed by atoms with Gasteiger partial charge in [-0.15, -0.1) is 0 Å². The molecule has 12 heteroatoms. The van der Waals surface area contributed by atoms with E-state index < -0.39 is 0 Å². The van der Waals surface area contributed by atoms with Gasteiger partial charge in [0.05, 0.1) is 45.6 Å². The first-order valence-corrected chi connectivity index (χ1v) is 34.3. The standard InChI is InChI=1S/C92H58N12/c1-3-21-61(22-4-1)87-99-89(63-43-39-59(40-44-63)71-31-19-34-78-72(32-20-33-77(71)78)69-55-83(79-35-9-13-49-93-79)97-84(56-69)80-36-10-14-50-94-80)103-91(101-87)67-27-17-25-65(53-67)66-26-18-28-68(54-66)92-102-88(62-23-5-2-6-24-62)100-90(104-92)64-45-41-60(42-46-64)73-47-48-74(76-30-8-7-29-75(73)76)70-57-85(81-37-11-15-51-95-81)98-86(58-70)82-38-12-16-52-96-82/h1-58H. The van der Waals surface area contributed by atoms with Gasteiger partial charge in [-0.25, -0.2) is 39.9 Å². The molecule has 8 heterocycles. The Morgan fingerprint density at radius 1 is 0.135 bits per heavy atom. The molecular weight excluding hydrogens is 1270 g/mol. The van der Waals surface area contributed by atoms with Gasteiger partial charge in [0.25, 0.3) is 0 Å². The topological polar surface area (TPSA) is 155 Å². The molecule has 12 nitrogen and oxygen atoms in total. The molecule has 486 valence electrons. The van der Waals surface area contributed by atoms with Gasteiger partial charge in [0.15, 0.2) is 34.9 Å². The first kappa shape index (κ1) is 61.9. The van der Waals surface area contributed by atoms with Crippen molar-refractivity contribution in [3.05, 3.63) is 352 Å². The largest absolute Gasteiger partial charge is 0.255 e. The third-order valence-corrected chi connectivity index (χ3v) is 18.6. The van der Waals surface area contributed by atoms with Crippen molar-refractivity contribution in [1.82, 2.24) is 59.8 Å². The quantitative estimate of drug-likeness (QED) is 0.0959. The monoisotopic (exact) mass is 1330 g/mol. The van der Waals surface area contributed by atoms with Crippen LogP contribution in [-0.2, 0) is 0 Å². The second kappa shape index (κ2) is 27.4. The summed E-state index contributed by atoms with van der Waals surface area (Å²) >= 11 is 0. The molecule has 0 saturated carbocycles. The van der Waals surface area contributed by atoms with E-state index in [0.717, 1.165) is 156 Å². The Balaban J connectivity index is 0.654. The number of aromatic nitrogens is 12. The van der Waals surface area contributed by atoms with E-state index >= 15 is 0 Å². The van der Waals surface area contributed by atoms with Crippen molar-refractivity contribution in [2.24, 2.45) is 0 Å². The second-order valence-electron chi connectivity index (χ2n) is 25.2. The fraction of sp³-hybridized carbons (Fsp3) is 0. The van der Waals surface area contributed by atoms with Gasteiger partial charge >= 0.3 is 0 Å². The van der Waals surface area contributed by atoms with Crippen LogP contribution in [0.2, 0.25) is 0 Å². The van der Waals surface area contributed by atoms with E-state index in [1.807, 2.05) is 133 Å². The minimum atomic E-state index is 0.549. The zero-order valence-electron chi connectivity index (χ0n) is 55.9. The normalized spacial score (nSPS) is 11.3. The number of hydrogen-bond acceptors (Lipinski definition) is 12. The maximum atomic E-state index is 5.24. The van der Waals surface area contributed by atoms with E-state index in [2.05, 4.69) is 214 Å². The maximum absolute atomic E-state index is 5.24. The van der Waals surface area contributed by atoms with Crippen LogP contribution < -0.4 is 0 Å². The van der Waals surface area contributed by atoms with Gasteiger partial charge in [-0.05, 0) is 162 Å². The number of fused-ring (bicyclic) bond motifs is 2. The number of benzene rings is 10. The molecule has 0 amide bonds. The number of hydrogen-bond donors (Lipinski definition) is 0. The third kappa shape index (κ3) is 12.5. The van der Waals surface area contributed by atoms with Crippen LogP contribution in [0.3, 0.4) is 0 Å². The highest BCUT2D eigenvalue weighted by molar-refractivity contribution is 6.07. The second-order valence-corrected chi connectivity index (χ2v) is 25.2. The molecule has 0 saturated heterocycles. The minimum absolute atomic E-state index is 0.549. The van der Waals surface area contributed by atoms with E-state index in [1.165, 1.54) is 0 Å². The lowest BCUT2D eigenvalue weighted by Crippen LogP contribution is -2.00. The Labute approximate surface area is 599 Å². The Bertz CT molecular complexity index is 5740. The van der Waals surface area contributed by atoms with E-state index in [0.29, 0.717) is 34.9 Å². The molecule has 0 N–H and O–H groups in total. The van der Waals surface area contributed by atoms with Gasteiger partial charge in [0.1, 0.15) is 0 Å². The lowest BCUT2D eigenvalue weighted by Gasteiger charge is -2.14. The molecule has 0 spiro atoms. The summed E-state index contributed by atoms with van der Waals surface area (Å²) in [6.45, 7) is 0. The van der Waals surface area contributed by atoms with Crippen molar-refractivity contribution in [2.45, 2.75) is 0 Å². The molecule has 0 fully saturated rings. The molecule has 18 rings (SSSR count). The van der Waals surface area contributed by atoms with Crippen LogP contribution in [-0.4, -0.2) is 59.8 Å². The predicted octanol–water partition coefficient (Wildman–Crippen LogP) is 21.7. The first-order chi connectivity index (χ1) is 51.5. The highest BCUT2D eigenvalue weighted by Gasteiger charge is 2.21. The van der Waals surface area contributed by atoms with Crippen molar-refractivity contribution >= 4 is 21.5 Å². The molecule has 104 heavy (non-hydrogen) atoms. The average molecular weight is 1330 g/mol. The van der Waals surface area contributed by atoms with E-state index in [9.17, 15) is 0 Å². The van der Waals surface area contributed by atoms with Crippen LogP contribution in [0.4, 0.5) is 0 Å². The molecule has 0 aliphatic carbocycles. The Morgan fingerprint density at radius 2 is 0.385 bits per heavy atom. The van der Waals surface area contributed by atoms with Gasteiger partial charge in [0.2, 0.25) is 0 Å². The molecule has 0 unspecified atom stereocenters. The fourth-order valence-electron chi connectivity index (χ4n) is 13.5. The number of pyridine rings is 6. The summed E-state index contributed by atoms with van der Waals surface area (Å²) in [5, 5.41) is 4.47. The minimum Gasteiger partial charge on any atom is -0.255 e. The lowest BCUT2D eigenvalue weighted by molar-refractivity contribution is 1.07. The van der Waals surface area contributed by atoms with E-state index in [4.69, 9.17) is 39.9 Å². The van der Waals surface area contributed by atoms with E-state index in [1.54, 1.807) is 24.8 Å². The summed E-state index contributed by atoms with van der Waals surface area (Å²) in [4.78, 5) is 59.9. The Kier molecular flexibility index (Phi) is 16.3. The first-order valence-electron chi connectivity index (χ1n) is 34.3. The fourth-order valence-corrected chi connectivity index (χ4v) is 13.5. The molecule has 0 aliphatic heterocycles. The summed E-state index contributed by atoms with van der Waals surface area (Å²) in [5.41, 5.74) is 21.9. The summed E-state index contributed by atoms with van der Waals surface area (Å²) < 4.78 is 0. The van der Waals surface area contributed by atoms with Gasteiger partial charge < -0.3 is 0 Å². The Morgan fingerprint density at radius 3 is 0.731 bits per heavy atom. The molecular formula is C92H58N12. The summed E-state index contributed by atoms with van der Waals surface area (Å²) in [7, 11) is 0. The molecule has 0 atom stereocenters. The molecule has 0 radical (unpaired) electrons. The van der Waals surface area contributed by atoms with Crippen molar-refractivity contribution in [3.8, 4) is 170 Å². The highest BCUT2D eigenvalue weighted by atomic mass is 15.0. The van der Waals surface area contributed by atoms with Crippen LogP contribution in [0.1, 0.15) is 0 Å². The Hall–Kier alpha value is -14.4. The van der Waals surface area contributed by atoms with Gasteiger partial charge in [-0.1, -0.05) is 243 Å². The van der Waals surface area contributed by atoms with Crippen LogP contribution in [0, 0.1) is 0 Å². The molecule has 0 aliphatic rings. The molecule has 18 aromatic rings. The highest BCUT2D eigenvalue weighted by Crippen LogP contribution is 2.42. The van der Waals surface area contributed by atoms with Crippen LogP contribution in [0.25, 0.3) is 191 Å². The van der Waals surface area contributed by atoms with Gasteiger partial charge in [-0.2, -0.15) is 0 Å². The summed E-state index contributed by atoms with van der Waals surface area (Å²) in [6, 6.07) is 112. The van der Waals surface area contributed by atoms with Crippen LogP contribution in [0.15, 0.2) is 352 Å². The lowest BCUT2D eigenvalue weighted by atomic mass is 9.91. The van der Waals surface area contributed by atoms with E-state index in [-0.39, 0.29) is 0 Å². The average Bonchev–Trinajstić information content (AvgIpc) is 0.760. The van der Waals surface area contributed by atoms with Crippen LogP contribution >= 0.6 is 0 Å². The SMILES string of the molecule is c1ccc(-c2nc(-c3ccc(-c4cccc5c(-c6cc(-c7ccccn7)nc(-c7ccccn7)c6)cccc45)cc3)nc(-c3cccc(-c4cccc(-c5nc(-c6ccccc6)nc(-c6ccc(-c7ccc(-c8cc(-c9ccccn9)nc(-c9ccccn9)c8)c8ccccc78)cc6)n5)c4)c3)n2)cc1. The van der Waals surface area contributed by atoms with Gasteiger partial charge in [-0.3, -0.25) is 19.9 Å². The summed E-state index contributed by atoms with van der Waals surface area (Å²) in [5.74, 6) is 3.36. The molecule has 8 aromatic heterocycles. The maximum Gasteiger partial charge on any atom is 0.164 e. The smallest absolute Gasteiger partial charge is 0.164 e. The van der Waals surface area contributed by atoms with Crippen molar-refractivity contribution in [2.75, 3.05) is 0 Å². The third-order valence-electron chi connectivity index (χ3n) is 18.6. The van der Waals surface area contributed by atoms with Crippen LogP contribution in [0.5, 0.6) is 0 Å². The van der Waals surface area contributed by atoms with Crippen molar-refractivity contribution in [3.63, 3.8) is 0 Å². The summed E-state index contributed by atoms with van der Waals surface area (Å²) in [6.07, 6.45) is 7.19. The molecule has 10 aromatic carbocycles. The number of nitrogens with zero attached hydrogens (tertiary/aromatic N) is 12. The number of rotatable bonds is 15. The predicted molar refractivity (Wildman–Crippen MR) is 417 cm³/mol. The van der Waals surface area contributed by atoms with Crippen molar-refractivity contribution in [1.29, 1.82) is 0 Å².